The largest absolute Gasteiger partial charge is 0.372 e. The summed E-state index contributed by atoms with van der Waals surface area (Å²) in [4.78, 5) is 28.9. The SMILES string of the molecule is CCN(CC)c1ccc(/C=C2/SC(=O)N(Cc3ccccc3)C2=O)cc1. The van der Waals surface area contributed by atoms with Crippen molar-refractivity contribution in [2.24, 2.45) is 0 Å². The minimum atomic E-state index is -0.225. The Morgan fingerprint density at radius 1 is 0.962 bits per heavy atom. The maximum atomic E-state index is 12.6. The number of carbonyl (C=O) groups is 2. The molecule has 5 heteroatoms. The Morgan fingerprint density at radius 2 is 1.62 bits per heavy atom. The molecule has 3 rings (SSSR count). The Hall–Kier alpha value is -2.53. The Morgan fingerprint density at radius 3 is 2.23 bits per heavy atom. The third kappa shape index (κ3) is 3.99. The van der Waals surface area contributed by atoms with Gasteiger partial charge >= 0.3 is 0 Å². The van der Waals surface area contributed by atoms with Gasteiger partial charge in [0, 0.05) is 18.8 Å². The van der Waals surface area contributed by atoms with E-state index in [1.165, 1.54) is 4.90 Å². The number of imide groups is 1. The van der Waals surface area contributed by atoms with Crippen molar-refractivity contribution < 1.29 is 9.59 Å². The molecule has 1 aliphatic rings. The van der Waals surface area contributed by atoms with E-state index in [-0.39, 0.29) is 11.1 Å². The summed E-state index contributed by atoms with van der Waals surface area (Å²) in [6.45, 7) is 6.46. The molecule has 1 heterocycles. The average Bonchev–Trinajstić information content (AvgIpc) is 2.92. The van der Waals surface area contributed by atoms with Crippen LogP contribution in [-0.4, -0.2) is 29.1 Å². The van der Waals surface area contributed by atoms with E-state index in [1.54, 1.807) is 6.08 Å². The summed E-state index contributed by atoms with van der Waals surface area (Å²) in [5, 5.41) is -0.218. The average molecular weight is 366 g/mol. The Balaban J connectivity index is 1.75. The summed E-state index contributed by atoms with van der Waals surface area (Å²) < 4.78 is 0. The normalized spacial score (nSPS) is 15.8. The number of benzene rings is 2. The number of rotatable bonds is 6. The van der Waals surface area contributed by atoms with Crippen molar-refractivity contribution in [1.29, 1.82) is 0 Å². The molecule has 0 N–H and O–H groups in total. The van der Waals surface area contributed by atoms with Gasteiger partial charge in [0.05, 0.1) is 11.4 Å². The smallest absolute Gasteiger partial charge is 0.293 e. The maximum Gasteiger partial charge on any atom is 0.293 e. The minimum Gasteiger partial charge on any atom is -0.372 e. The highest BCUT2D eigenvalue weighted by Crippen LogP contribution is 2.33. The molecule has 0 bridgehead atoms. The molecule has 0 aliphatic carbocycles. The van der Waals surface area contributed by atoms with E-state index in [1.807, 2.05) is 54.6 Å². The molecular formula is C21H22N2O2S. The number of thioether (sulfide) groups is 1. The highest BCUT2D eigenvalue weighted by Gasteiger charge is 2.34. The van der Waals surface area contributed by atoms with Crippen LogP contribution in [0.15, 0.2) is 59.5 Å². The third-order valence-corrected chi connectivity index (χ3v) is 5.28. The molecule has 134 valence electrons. The molecule has 0 spiro atoms. The summed E-state index contributed by atoms with van der Waals surface area (Å²) in [6, 6.07) is 17.6. The molecule has 1 saturated heterocycles. The van der Waals surface area contributed by atoms with E-state index in [4.69, 9.17) is 0 Å². The fourth-order valence-corrected chi connectivity index (χ4v) is 3.76. The van der Waals surface area contributed by atoms with Crippen LogP contribution in [0.1, 0.15) is 25.0 Å². The zero-order valence-electron chi connectivity index (χ0n) is 15.0. The minimum absolute atomic E-state index is 0.218. The molecule has 2 amide bonds. The van der Waals surface area contributed by atoms with Gasteiger partial charge < -0.3 is 4.90 Å². The van der Waals surface area contributed by atoms with Crippen LogP contribution in [0.5, 0.6) is 0 Å². The first-order chi connectivity index (χ1) is 12.6. The van der Waals surface area contributed by atoms with Crippen LogP contribution in [0.2, 0.25) is 0 Å². The van der Waals surface area contributed by atoms with E-state index in [0.29, 0.717) is 11.4 Å². The Labute approximate surface area is 158 Å². The van der Waals surface area contributed by atoms with E-state index in [9.17, 15) is 9.59 Å². The number of hydrogen-bond donors (Lipinski definition) is 0. The number of carbonyl (C=O) groups excluding carboxylic acids is 2. The Bertz CT molecular complexity index is 812. The molecule has 0 aromatic heterocycles. The third-order valence-electron chi connectivity index (χ3n) is 4.38. The lowest BCUT2D eigenvalue weighted by Crippen LogP contribution is -2.27. The van der Waals surface area contributed by atoms with Crippen molar-refractivity contribution in [3.05, 3.63) is 70.6 Å². The van der Waals surface area contributed by atoms with Gasteiger partial charge in [-0.2, -0.15) is 0 Å². The van der Waals surface area contributed by atoms with Crippen molar-refractivity contribution >= 4 is 34.7 Å². The molecule has 0 radical (unpaired) electrons. The fraction of sp³-hybridized carbons (Fsp3) is 0.238. The predicted octanol–water partition coefficient (Wildman–Crippen LogP) is 4.77. The lowest BCUT2D eigenvalue weighted by Gasteiger charge is -2.20. The quantitative estimate of drug-likeness (QED) is 0.691. The highest BCUT2D eigenvalue weighted by molar-refractivity contribution is 8.18. The molecule has 0 unspecified atom stereocenters. The topological polar surface area (TPSA) is 40.6 Å². The molecule has 2 aromatic carbocycles. The molecular weight excluding hydrogens is 344 g/mol. The molecule has 1 aliphatic heterocycles. The first-order valence-corrected chi connectivity index (χ1v) is 9.58. The van der Waals surface area contributed by atoms with Gasteiger partial charge in [0.15, 0.2) is 0 Å². The number of nitrogens with zero attached hydrogens (tertiary/aromatic N) is 2. The summed E-state index contributed by atoms with van der Waals surface area (Å²) in [6.07, 6.45) is 1.79. The zero-order chi connectivity index (χ0) is 18.5. The van der Waals surface area contributed by atoms with Crippen molar-refractivity contribution in [3.63, 3.8) is 0 Å². The second-order valence-electron chi connectivity index (χ2n) is 6.02. The second-order valence-corrected chi connectivity index (χ2v) is 7.01. The van der Waals surface area contributed by atoms with Crippen molar-refractivity contribution in [2.45, 2.75) is 20.4 Å². The van der Waals surface area contributed by atoms with Crippen LogP contribution in [0.4, 0.5) is 10.5 Å². The summed E-state index contributed by atoms with van der Waals surface area (Å²) in [5.74, 6) is -0.225. The maximum absolute atomic E-state index is 12.6. The van der Waals surface area contributed by atoms with Crippen LogP contribution < -0.4 is 4.90 Å². The van der Waals surface area contributed by atoms with Gasteiger partial charge in [-0.05, 0) is 54.9 Å². The van der Waals surface area contributed by atoms with Gasteiger partial charge in [-0.3, -0.25) is 14.5 Å². The van der Waals surface area contributed by atoms with Gasteiger partial charge in [-0.15, -0.1) is 0 Å². The first-order valence-electron chi connectivity index (χ1n) is 8.76. The zero-order valence-corrected chi connectivity index (χ0v) is 15.8. The first kappa shape index (κ1) is 18.3. The molecule has 0 atom stereocenters. The van der Waals surface area contributed by atoms with Crippen LogP contribution >= 0.6 is 11.8 Å². The standard InChI is InChI=1S/C21H22N2O2S/c1-3-22(4-2)18-12-10-16(11-13-18)14-19-20(24)23(21(25)26-19)15-17-8-6-5-7-9-17/h5-14H,3-4,15H2,1-2H3/b19-14+. The van der Waals surface area contributed by atoms with Crippen molar-refractivity contribution in [2.75, 3.05) is 18.0 Å². The van der Waals surface area contributed by atoms with Crippen LogP contribution in [-0.2, 0) is 11.3 Å². The van der Waals surface area contributed by atoms with E-state index >= 15 is 0 Å². The monoisotopic (exact) mass is 366 g/mol. The molecule has 26 heavy (non-hydrogen) atoms. The Kier molecular flexibility index (Phi) is 5.78. The number of amides is 2. The molecule has 0 saturated carbocycles. The van der Waals surface area contributed by atoms with E-state index in [0.717, 1.165) is 41.7 Å². The lowest BCUT2D eigenvalue weighted by molar-refractivity contribution is -0.123. The molecule has 4 nitrogen and oxygen atoms in total. The number of hydrogen-bond acceptors (Lipinski definition) is 4. The number of anilines is 1. The van der Waals surface area contributed by atoms with Gasteiger partial charge in [-0.25, -0.2) is 0 Å². The van der Waals surface area contributed by atoms with E-state index in [2.05, 4.69) is 18.7 Å². The van der Waals surface area contributed by atoms with Crippen molar-refractivity contribution in [1.82, 2.24) is 4.90 Å². The fourth-order valence-electron chi connectivity index (χ4n) is 2.92. The predicted molar refractivity (Wildman–Crippen MR) is 108 cm³/mol. The van der Waals surface area contributed by atoms with Crippen LogP contribution in [0, 0.1) is 0 Å². The van der Waals surface area contributed by atoms with Gasteiger partial charge in [0.25, 0.3) is 11.1 Å². The van der Waals surface area contributed by atoms with Crippen LogP contribution in [0.3, 0.4) is 0 Å². The highest BCUT2D eigenvalue weighted by atomic mass is 32.2. The summed E-state index contributed by atoms with van der Waals surface area (Å²) in [5.41, 5.74) is 3.02. The van der Waals surface area contributed by atoms with Gasteiger partial charge in [0.1, 0.15) is 0 Å². The van der Waals surface area contributed by atoms with Crippen LogP contribution in [0.25, 0.3) is 6.08 Å². The molecule has 1 fully saturated rings. The van der Waals surface area contributed by atoms with E-state index < -0.39 is 0 Å². The lowest BCUT2D eigenvalue weighted by atomic mass is 10.1. The van der Waals surface area contributed by atoms with Crippen molar-refractivity contribution in [3.8, 4) is 0 Å². The summed E-state index contributed by atoms with van der Waals surface area (Å²) in [7, 11) is 0. The second kappa shape index (κ2) is 8.23. The molecule has 2 aromatic rings. The summed E-state index contributed by atoms with van der Waals surface area (Å²) >= 11 is 1.00. The van der Waals surface area contributed by atoms with Gasteiger partial charge in [0.2, 0.25) is 0 Å². The van der Waals surface area contributed by atoms with Gasteiger partial charge in [-0.1, -0.05) is 42.5 Å².